The smallest absolute Gasteiger partial charge is 0.0569 e. The summed E-state index contributed by atoms with van der Waals surface area (Å²) in [6.07, 6.45) is 0. The minimum atomic E-state index is 1.10. The number of benzene rings is 14. The van der Waals surface area contributed by atoms with Crippen LogP contribution in [0.25, 0.3) is 99.1 Å². The first-order chi connectivity index (χ1) is 39.6. The highest BCUT2D eigenvalue weighted by molar-refractivity contribution is 6.33. The molecule has 14 aromatic carbocycles. The molecule has 0 aliphatic carbocycles. The Morgan fingerprint density at radius 2 is 0.463 bits per heavy atom. The number of para-hydroxylation sites is 4. The van der Waals surface area contributed by atoms with Gasteiger partial charge in [-0.1, -0.05) is 279 Å². The molecular weight excluding hydrogens is 965 g/mol. The first-order valence-electron chi connectivity index (χ1n) is 27.7. The van der Waals surface area contributed by atoms with Gasteiger partial charge in [0.1, 0.15) is 0 Å². The lowest BCUT2D eigenvalue weighted by Gasteiger charge is -2.34. The van der Waals surface area contributed by atoms with Crippen molar-refractivity contribution in [3.05, 3.63) is 314 Å². The summed E-state index contributed by atoms with van der Waals surface area (Å²) in [6.45, 7) is 4.53. The molecule has 0 N–H and O–H groups in total. The lowest BCUT2D eigenvalue weighted by molar-refractivity contribution is 1.26. The van der Waals surface area contributed by atoms with Gasteiger partial charge >= 0.3 is 0 Å². The van der Waals surface area contributed by atoms with Crippen LogP contribution in [0.2, 0.25) is 0 Å². The van der Waals surface area contributed by atoms with Crippen molar-refractivity contribution in [1.82, 2.24) is 0 Å². The molecule has 0 aliphatic rings. The third-order valence-electron chi connectivity index (χ3n) is 16.1. The Morgan fingerprint density at radius 3 is 0.800 bits per heavy atom. The van der Waals surface area contributed by atoms with Gasteiger partial charge < -0.3 is 9.80 Å². The maximum Gasteiger partial charge on any atom is 0.0569 e. The Labute approximate surface area is 468 Å². The largest absolute Gasteiger partial charge is 0.308 e. The van der Waals surface area contributed by atoms with E-state index in [2.05, 4.69) is 327 Å². The predicted molar refractivity (Wildman–Crippen MR) is 342 cm³/mol. The molecule has 0 radical (unpaired) electrons. The highest BCUT2D eigenvalue weighted by Gasteiger charge is 2.30. The van der Waals surface area contributed by atoms with E-state index < -0.39 is 0 Å². The summed E-state index contributed by atoms with van der Waals surface area (Å²) in [5.74, 6) is 0. The number of anilines is 6. The standard InChI is InChI=1S/C78H56N2/c1-53-27-25-43-63(57-33-13-5-14-34-57)77(53)79(71-45-23-21-41-61(71)55-29-9-3-10-30-55)73-51-69(59-37-17-7-18-38-59)65-48-50-68-74(52-70(60-39-19-8-20-40-60)66-47-49-67(73)75(65)76(66)68)80(72-46-24-22-42-62(72)56-31-11-4-12-32-56)78-54(2)28-26-44-64(78)58-35-15-6-16-36-58/h3-52H,1-2H3. The minimum absolute atomic E-state index is 1.10. The van der Waals surface area contributed by atoms with Crippen LogP contribution in [0.15, 0.2) is 303 Å². The fourth-order valence-corrected chi connectivity index (χ4v) is 12.5. The van der Waals surface area contributed by atoms with E-state index in [1.807, 2.05) is 0 Å². The van der Waals surface area contributed by atoms with Crippen LogP contribution in [0.1, 0.15) is 11.1 Å². The normalized spacial score (nSPS) is 11.4. The zero-order valence-electron chi connectivity index (χ0n) is 44.8. The van der Waals surface area contributed by atoms with Crippen LogP contribution in [0, 0.1) is 13.8 Å². The number of hydrogen-bond donors (Lipinski definition) is 0. The van der Waals surface area contributed by atoms with Crippen LogP contribution in [-0.2, 0) is 0 Å². The van der Waals surface area contributed by atoms with Crippen molar-refractivity contribution < 1.29 is 0 Å². The minimum Gasteiger partial charge on any atom is -0.308 e. The molecule has 0 aliphatic heterocycles. The molecular formula is C78H56N2. The van der Waals surface area contributed by atoms with Crippen LogP contribution < -0.4 is 9.80 Å². The van der Waals surface area contributed by atoms with Gasteiger partial charge in [0.05, 0.1) is 34.1 Å². The van der Waals surface area contributed by atoms with E-state index in [1.54, 1.807) is 0 Å². The molecule has 0 bridgehead atoms. The molecule has 378 valence electrons. The molecule has 14 aromatic rings. The van der Waals surface area contributed by atoms with Gasteiger partial charge in [-0.15, -0.1) is 0 Å². The molecule has 2 nitrogen and oxygen atoms in total. The second-order valence-electron chi connectivity index (χ2n) is 20.8. The molecule has 80 heavy (non-hydrogen) atoms. The molecule has 0 atom stereocenters. The zero-order chi connectivity index (χ0) is 53.5. The van der Waals surface area contributed by atoms with E-state index in [9.17, 15) is 0 Å². The van der Waals surface area contributed by atoms with Gasteiger partial charge in [-0.2, -0.15) is 0 Å². The van der Waals surface area contributed by atoms with E-state index in [-0.39, 0.29) is 0 Å². The van der Waals surface area contributed by atoms with E-state index in [0.29, 0.717) is 0 Å². The first-order valence-corrected chi connectivity index (χ1v) is 27.7. The lowest BCUT2D eigenvalue weighted by Crippen LogP contribution is -2.15. The number of rotatable bonds is 12. The molecule has 0 heterocycles. The summed E-state index contributed by atoms with van der Waals surface area (Å²) in [7, 11) is 0. The number of hydrogen-bond acceptors (Lipinski definition) is 2. The molecule has 0 saturated heterocycles. The fourth-order valence-electron chi connectivity index (χ4n) is 12.5. The molecule has 0 aromatic heterocycles. The second-order valence-corrected chi connectivity index (χ2v) is 20.8. The SMILES string of the molecule is Cc1cccc(-c2ccccc2)c1N(c1ccccc1-c1ccccc1)c1cc(-c2ccccc2)c2ccc3c(N(c4ccccc4-c4ccccc4)c4c(C)cccc4-c4ccccc4)cc(-c4ccccc4)c4ccc1c2c43. The Hall–Kier alpha value is -10.3. The Kier molecular flexibility index (Phi) is 12.4. The van der Waals surface area contributed by atoms with Crippen LogP contribution >= 0.6 is 0 Å². The Balaban J connectivity index is 1.17. The summed E-state index contributed by atoms with van der Waals surface area (Å²) < 4.78 is 0. The van der Waals surface area contributed by atoms with E-state index in [1.165, 1.54) is 43.8 Å². The molecule has 0 amide bonds. The van der Waals surface area contributed by atoms with Crippen LogP contribution in [-0.4, -0.2) is 0 Å². The maximum absolute atomic E-state index is 2.58. The number of aryl methyl sites for hydroxylation is 2. The van der Waals surface area contributed by atoms with E-state index in [0.717, 1.165) is 101 Å². The topological polar surface area (TPSA) is 6.48 Å². The third-order valence-corrected chi connectivity index (χ3v) is 16.1. The summed E-state index contributed by atoms with van der Waals surface area (Å²) in [4.78, 5) is 5.17. The van der Waals surface area contributed by atoms with Crippen molar-refractivity contribution >= 4 is 66.4 Å². The lowest BCUT2D eigenvalue weighted by atomic mass is 9.84. The van der Waals surface area contributed by atoms with Gasteiger partial charge in [-0.3, -0.25) is 0 Å². The van der Waals surface area contributed by atoms with E-state index >= 15 is 0 Å². The van der Waals surface area contributed by atoms with Gasteiger partial charge in [0.15, 0.2) is 0 Å². The average molecular weight is 1020 g/mol. The van der Waals surface area contributed by atoms with Crippen molar-refractivity contribution in [2.24, 2.45) is 0 Å². The maximum atomic E-state index is 2.58. The Morgan fingerprint density at radius 1 is 0.200 bits per heavy atom. The van der Waals surface area contributed by atoms with Crippen molar-refractivity contribution in [3.63, 3.8) is 0 Å². The van der Waals surface area contributed by atoms with Crippen molar-refractivity contribution in [1.29, 1.82) is 0 Å². The Bertz CT molecular complexity index is 4220. The molecule has 14 rings (SSSR count). The molecule has 0 spiro atoms. The highest BCUT2D eigenvalue weighted by atomic mass is 15.2. The summed E-state index contributed by atoms with van der Waals surface area (Å²) in [5.41, 5.74) is 22.9. The third kappa shape index (κ3) is 8.38. The molecule has 0 fully saturated rings. The van der Waals surface area contributed by atoms with Crippen molar-refractivity contribution in [3.8, 4) is 66.8 Å². The van der Waals surface area contributed by atoms with Crippen LogP contribution in [0.5, 0.6) is 0 Å². The zero-order valence-corrected chi connectivity index (χ0v) is 44.8. The van der Waals surface area contributed by atoms with Crippen molar-refractivity contribution in [2.45, 2.75) is 13.8 Å². The van der Waals surface area contributed by atoms with Crippen LogP contribution in [0.4, 0.5) is 34.1 Å². The first kappa shape index (κ1) is 48.1. The monoisotopic (exact) mass is 1020 g/mol. The predicted octanol–water partition coefficient (Wildman–Crippen LogP) is 22.1. The van der Waals surface area contributed by atoms with E-state index in [4.69, 9.17) is 0 Å². The van der Waals surface area contributed by atoms with Gasteiger partial charge in [0.25, 0.3) is 0 Å². The van der Waals surface area contributed by atoms with Crippen LogP contribution in [0.3, 0.4) is 0 Å². The van der Waals surface area contributed by atoms with Crippen molar-refractivity contribution in [2.75, 3.05) is 9.80 Å². The highest BCUT2D eigenvalue weighted by Crippen LogP contribution is 2.56. The molecule has 2 heteroatoms. The second kappa shape index (κ2) is 20.6. The fraction of sp³-hybridized carbons (Fsp3) is 0.0256. The molecule has 0 saturated carbocycles. The van der Waals surface area contributed by atoms with Gasteiger partial charge in [-0.05, 0) is 105 Å². The van der Waals surface area contributed by atoms with Gasteiger partial charge in [0.2, 0.25) is 0 Å². The molecule has 0 unspecified atom stereocenters. The average Bonchev–Trinajstić information content (AvgIpc) is 3.56. The van der Waals surface area contributed by atoms with Gasteiger partial charge in [-0.25, -0.2) is 0 Å². The summed E-state index contributed by atoms with van der Waals surface area (Å²) in [5, 5.41) is 7.16. The quantitative estimate of drug-likeness (QED) is 0.113. The number of nitrogens with zero attached hydrogens (tertiary/aromatic N) is 2. The van der Waals surface area contributed by atoms with Gasteiger partial charge in [0, 0.05) is 43.8 Å². The summed E-state index contributed by atoms with van der Waals surface area (Å²) in [6, 6.07) is 112. The summed E-state index contributed by atoms with van der Waals surface area (Å²) >= 11 is 0.